The van der Waals surface area contributed by atoms with E-state index >= 15 is 0 Å². The molecule has 0 radical (unpaired) electrons. The van der Waals surface area contributed by atoms with Crippen LogP contribution in [-0.4, -0.2) is 11.6 Å². The number of ketones is 2. The van der Waals surface area contributed by atoms with E-state index in [1.165, 1.54) is 12.1 Å². The van der Waals surface area contributed by atoms with Crippen LogP contribution >= 0.6 is 23.2 Å². The van der Waals surface area contributed by atoms with Crippen molar-refractivity contribution in [1.82, 2.24) is 0 Å². The third-order valence-corrected chi connectivity index (χ3v) is 5.09. The SMILES string of the molecule is Nc1cccc(C2=Cc3oc(C(=O)c4ccc(Cl)cc4Cl)c(N)c3C(=O)C2)c1. The van der Waals surface area contributed by atoms with Crippen LogP contribution in [0.4, 0.5) is 11.4 Å². The Labute approximate surface area is 170 Å². The van der Waals surface area contributed by atoms with Crippen LogP contribution in [0.1, 0.15) is 44.2 Å². The Kier molecular flexibility index (Phi) is 4.49. The molecule has 0 saturated heterocycles. The van der Waals surface area contributed by atoms with E-state index < -0.39 is 5.78 Å². The number of nitrogen functional groups attached to an aromatic ring is 2. The standard InChI is InChI=1S/C21H14Cl2N2O3/c22-12-4-5-14(15(23)9-12)20(27)21-19(25)18-16(26)7-11(8-17(18)28-21)10-2-1-3-13(24)6-10/h1-6,8-9H,7,24-25H2. The van der Waals surface area contributed by atoms with Gasteiger partial charge in [-0.1, -0.05) is 35.3 Å². The lowest BCUT2D eigenvalue weighted by molar-refractivity contribution is 0.0991. The zero-order chi connectivity index (χ0) is 20.0. The number of hydrogen-bond acceptors (Lipinski definition) is 5. The summed E-state index contributed by atoms with van der Waals surface area (Å²) in [5, 5.41) is 0.576. The molecule has 1 aliphatic carbocycles. The van der Waals surface area contributed by atoms with Crippen LogP contribution in [0.15, 0.2) is 46.9 Å². The van der Waals surface area contributed by atoms with Gasteiger partial charge in [0.2, 0.25) is 5.78 Å². The molecule has 1 aliphatic rings. The molecular weight excluding hydrogens is 399 g/mol. The monoisotopic (exact) mass is 412 g/mol. The Hall–Kier alpha value is -3.02. The van der Waals surface area contributed by atoms with Gasteiger partial charge in [-0.05, 0) is 47.5 Å². The number of rotatable bonds is 3. The maximum absolute atomic E-state index is 12.9. The molecule has 1 heterocycles. The quantitative estimate of drug-likeness (QED) is 0.459. The Morgan fingerprint density at radius 2 is 1.86 bits per heavy atom. The molecule has 7 heteroatoms. The third-order valence-electron chi connectivity index (χ3n) is 4.55. The first kappa shape index (κ1) is 18.3. The van der Waals surface area contributed by atoms with Crippen molar-refractivity contribution < 1.29 is 14.0 Å². The largest absolute Gasteiger partial charge is 0.450 e. The van der Waals surface area contributed by atoms with Crippen molar-refractivity contribution in [3.05, 3.63) is 80.7 Å². The summed E-state index contributed by atoms with van der Waals surface area (Å²) in [5.74, 6) is -0.607. The van der Waals surface area contributed by atoms with Gasteiger partial charge in [0.15, 0.2) is 11.5 Å². The second-order valence-corrected chi connectivity index (χ2v) is 7.28. The molecule has 0 spiro atoms. The van der Waals surface area contributed by atoms with Crippen LogP contribution in [0.25, 0.3) is 11.6 Å². The fourth-order valence-corrected chi connectivity index (χ4v) is 3.70. The first-order valence-electron chi connectivity index (χ1n) is 8.37. The van der Waals surface area contributed by atoms with Gasteiger partial charge in [0, 0.05) is 22.7 Å². The smallest absolute Gasteiger partial charge is 0.231 e. The average Bonchev–Trinajstić information content (AvgIpc) is 2.98. The second kappa shape index (κ2) is 6.86. The van der Waals surface area contributed by atoms with Gasteiger partial charge in [0.25, 0.3) is 0 Å². The van der Waals surface area contributed by atoms with E-state index in [1.807, 2.05) is 6.07 Å². The molecular formula is C21H14Cl2N2O3. The molecule has 0 unspecified atom stereocenters. The fourth-order valence-electron chi connectivity index (χ4n) is 3.21. The molecule has 4 N–H and O–H groups in total. The van der Waals surface area contributed by atoms with Crippen molar-refractivity contribution in [2.45, 2.75) is 6.42 Å². The highest BCUT2D eigenvalue weighted by Gasteiger charge is 2.31. The van der Waals surface area contributed by atoms with Crippen molar-refractivity contribution in [2.24, 2.45) is 0 Å². The highest BCUT2D eigenvalue weighted by Crippen LogP contribution is 2.38. The molecule has 0 atom stereocenters. The zero-order valence-electron chi connectivity index (χ0n) is 14.5. The number of allylic oxidation sites excluding steroid dienone is 1. The van der Waals surface area contributed by atoms with Crippen molar-refractivity contribution in [2.75, 3.05) is 11.5 Å². The Morgan fingerprint density at radius 3 is 2.57 bits per heavy atom. The number of hydrogen-bond donors (Lipinski definition) is 2. The number of carbonyl (C=O) groups is 2. The minimum atomic E-state index is -0.514. The number of fused-ring (bicyclic) bond motifs is 1. The molecule has 1 aromatic heterocycles. The number of furan rings is 1. The van der Waals surface area contributed by atoms with E-state index in [2.05, 4.69) is 0 Å². The lowest BCUT2D eigenvalue weighted by Gasteiger charge is -2.12. The van der Waals surface area contributed by atoms with Gasteiger partial charge in [-0.3, -0.25) is 9.59 Å². The van der Waals surface area contributed by atoms with Crippen LogP contribution in [0, 0.1) is 0 Å². The highest BCUT2D eigenvalue weighted by atomic mass is 35.5. The molecule has 2 aromatic carbocycles. The fraction of sp³-hybridized carbons (Fsp3) is 0.0476. The number of nitrogens with two attached hydrogens (primary N) is 2. The summed E-state index contributed by atoms with van der Waals surface area (Å²) >= 11 is 12.0. The van der Waals surface area contributed by atoms with Gasteiger partial charge in [-0.15, -0.1) is 0 Å². The van der Waals surface area contributed by atoms with Crippen LogP contribution in [0.5, 0.6) is 0 Å². The lowest BCUT2D eigenvalue weighted by atomic mass is 9.90. The van der Waals surface area contributed by atoms with Crippen molar-refractivity contribution in [3.8, 4) is 0 Å². The number of benzene rings is 2. The van der Waals surface area contributed by atoms with Gasteiger partial charge in [0.1, 0.15) is 5.76 Å². The normalized spacial score (nSPS) is 13.2. The molecule has 0 aliphatic heterocycles. The van der Waals surface area contributed by atoms with Crippen LogP contribution in [0.3, 0.4) is 0 Å². The van der Waals surface area contributed by atoms with Crippen LogP contribution in [0.2, 0.25) is 10.0 Å². The maximum atomic E-state index is 12.9. The van der Waals surface area contributed by atoms with E-state index in [0.29, 0.717) is 10.7 Å². The van der Waals surface area contributed by atoms with E-state index in [4.69, 9.17) is 39.1 Å². The molecule has 140 valence electrons. The number of anilines is 2. The summed E-state index contributed by atoms with van der Waals surface area (Å²) in [5.41, 5.74) is 14.5. The zero-order valence-corrected chi connectivity index (χ0v) is 16.0. The highest BCUT2D eigenvalue weighted by molar-refractivity contribution is 6.37. The van der Waals surface area contributed by atoms with E-state index in [9.17, 15) is 9.59 Å². The summed E-state index contributed by atoms with van der Waals surface area (Å²) in [6.45, 7) is 0. The topological polar surface area (TPSA) is 99.3 Å². The van der Waals surface area contributed by atoms with Gasteiger partial charge in [-0.2, -0.15) is 0 Å². The van der Waals surface area contributed by atoms with Gasteiger partial charge in [0.05, 0.1) is 16.3 Å². The second-order valence-electron chi connectivity index (χ2n) is 6.43. The molecule has 28 heavy (non-hydrogen) atoms. The van der Waals surface area contributed by atoms with Crippen molar-refractivity contribution >= 4 is 57.8 Å². The molecule has 0 amide bonds. The molecule has 4 rings (SSSR count). The van der Waals surface area contributed by atoms with Crippen molar-refractivity contribution in [3.63, 3.8) is 0 Å². The van der Waals surface area contributed by atoms with E-state index in [1.54, 1.807) is 30.3 Å². The maximum Gasteiger partial charge on any atom is 0.231 e. The number of carbonyl (C=O) groups excluding carboxylic acids is 2. The molecule has 5 nitrogen and oxygen atoms in total. The Bertz CT molecular complexity index is 1180. The summed E-state index contributed by atoms with van der Waals surface area (Å²) < 4.78 is 5.70. The number of halogens is 2. The van der Waals surface area contributed by atoms with Crippen LogP contribution in [-0.2, 0) is 0 Å². The van der Waals surface area contributed by atoms with E-state index in [0.717, 1.165) is 11.1 Å². The average molecular weight is 413 g/mol. The molecule has 3 aromatic rings. The predicted molar refractivity (Wildman–Crippen MR) is 111 cm³/mol. The first-order valence-corrected chi connectivity index (χ1v) is 9.12. The van der Waals surface area contributed by atoms with Crippen LogP contribution < -0.4 is 11.5 Å². The number of Topliss-reactive ketones (excluding diaryl/α,β-unsaturated/α-hetero) is 1. The minimum Gasteiger partial charge on any atom is -0.450 e. The molecule has 0 fully saturated rings. The van der Waals surface area contributed by atoms with Gasteiger partial charge >= 0.3 is 0 Å². The van der Waals surface area contributed by atoms with Crippen molar-refractivity contribution in [1.29, 1.82) is 0 Å². The molecule has 0 saturated carbocycles. The third kappa shape index (κ3) is 3.09. The summed E-state index contributed by atoms with van der Waals surface area (Å²) in [4.78, 5) is 25.6. The first-order chi connectivity index (χ1) is 13.3. The van der Waals surface area contributed by atoms with Gasteiger partial charge in [-0.25, -0.2) is 0 Å². The Morgan fingerprint density at radius 1 is 1.07 bits per heavy atom. The molecule has 0 bridgehead atoms. The lowest BCUT2D eigenvalue weighted by Crippen LogP contribution is -2.10. The summed E-state index contributed by atoms with van der Waals surface area (Å²) in [6, 6.07) is 11.7. The predicted octanol–water partition coefficient (Wildman–Crippen LogP) is 5.11. The van der Waals surface area contributed by atoms with E-state index in [-0.39, 0.29) is 45.6 Å². The van der Waals surface area contributed by atoms with Gasteiger partial charge < -0.3 is 15.9 Å². The summed E-state index contributed by atoms with van der Waals surface area (Å²) in [6.07, 6.45) is 1.84. The Balaban J connectivity index is 1.80. The summed E-state index contributed by atoms with van der Waals surface area (Å²) in [7, 11) is 0. The minimum absolute atomic E-state index is 0.0129.